The molecular weight excluding hydrogens is 319 g/mol. The Morgan fingerprint density at radius 1 is 1.16 bits per heavy atom. The zero-order valence-electron chi connectivity index (χ0n) is 14.4. The van der Waals surface area contributed by atoms with Gasteiger partial charge in [0.2, 0.25) is 0 Å². The lowest BCUT2D eigenvalue weighted by molar-refractivity contribution is 0.102. The Morgan fingerprint density at radius 3 is 2.68 bits per heavy atom. The van der Waals surface area contributed by atoms with E-state index in [-0.39, 0.29) is 17.2 Å². The van der Waals surface area contributed by atoms with E-state index in [0.29, 0.717) is 0 Å². The molecule has 1 N–H and O–H groups in total. The van der Waals surface area contributed by atoms with Gasteiger partial charge in [-0.2, -0.15) is 0 Å². The highest BCUT2D eigenvalue weighted by atomic mass is 19.1. The lowest BCUT2D eigenvalue weighted by atomic mass is 10.1. The topological polar surface area (TPSA) is 41.6 Å². The Kier molecular flexibility index (Phi) is 5.66. The molecule has 1 saturated heterocycles. The molecule has 132 valence electrons. The standard InChI is InChI=1S/C20H23FN2O2/c1-25-19-9-8-16(13-18(19)21)20(24)22-17-7-5-6-15(12-17)14-23-10-3-2-4-11-23/h5-9,12-13H,2-4,10-11,14H2,1H3,(H,22,24). The van der Waals surface area contributed by atoms with Crippen LogP contribution in [0.5, 0.6) is 5.75 Å². The van der Waals surface area contributed by atoms with Gasteiger partial charge in [0.1, 0.15) is 0 Å². The first-order valence-corrected chi connectivity index (χ1v) is 8.62. The van der Waals surface area contributed by atoms with Crippen molar-refractivity contribution >= 4 is 11.6 Å². The average Bonchev–Trinajstić information content (AvgIpc) is 2.63. The molecule has 0 bridgehead atoms. The quantitative estimate of drug-likeness (QED) is 0.890. The Bertz CT molecular complexity index is 742. The van der Waals surface area contributed by atoms with Gasteiger partial charge in [0.15, 0.2) is 11.6 Å². The summed E-state index contributed by atoms with van der Waals surface area (Å²) in [6.07, 6.45) is 3.81. The molecule has 1 aliphatic heterocycles. The molecule has 4 nitrogen and oxygen atoms in total. The molecule has 0 aromatic heterocycles. The largest absolute Gasteiger partial charge is 0.494 e. The molecule has 2 aromatic carbocycles. The highest BCUT2D eigenvalue weighted by Crippen LogP contribution is 2.20. The summed E-state index contributed by atoms with van der Waals surface area (Å²) < 4.78 is 18.6. The fourth-order valence-corrected chi connectivity index (χ4v) is 3.13. The summed E-state index contributed by atoms with van der Waals surface area (Å²) in [7, 11) is 1.39. The molecule has 0 spiro atoms. The molecule has 0 saturated carbocycles. The first kappa shape index (κ1) is 17.4. The predicted octanol–water partition coefficient (Wildman–Crippen LogP) is 4.07. The number of hydrogen-bond acceptors (Lipinski definition) is 3. The van der Waals surface area contributed by atoms with Crippen LogP contribution in [-0.4, -0.2) is 31.0 Å². The molecule has 1 heterocycles. The van der Waals surface area contributed by atoms with Crippen LogP contribution < -0.4 is 10.1 Å². The molecule has 3 rings (SSSR count). The van der Waals surface area contributed by atoms with Gasteiger partial charge in [0.05, 0.1) is 7.11 Å². The molecule has 0 aliphatic carbocycles. The highest BCUT2D eigenvalue weighted by Gasteiger charge is 2.12. The third kappa shape index (κ3) is 4.57. The number of halogens is 1. The van der Waals surface area contributed by atoms with E-state index in [2.05, 4.69) is 16.3 Å². The van der Waals surface area contributed by atoms with Crippen LogP contribution in [0.2, 0.25) is 0 Å². The molecular formula is C20H23FN2O2. The Labute approximate surface area is 147 Å². The second-order valence-electron chi connectivity index (χ2n) is 6.34. The summed E-state index contributed by atoms with van der Waals surface area (Å²) in [5.74, 6) is -0.759. The summed E-state index contributed by atoms with van der Waals surface area (Å²) in [5.41, 5.74) is 2.15. The van der Waals surface area contributed by atoms with Crippen LogP contribution in [0.4, 0.5) is 10.1 Å². The summed E-state index contributed by atoms with van der Waals surface area (Å²) in [4.78, 5) is 14.8. The third-order valence-electron chi connectivity index (χ3n) is 4.45. The first-order valence-electron chi connectivity index (χ1n) is 8.62. The lowest BCUT2D eigenvalue weighted by Crippen LogP contribution is -2.29. The number of likely N-dealkylation sites (tertiary alicyclic amines) is 1. The van der Waals surface area contributed by atoms with Gasteiger partial charge in [-0.1, -0.05) is 18.6 Å². The van der Waals surface area contributed by atoms with Gasteiger partial charge in [-0.05, 0) is 61.8 Å². The lowest BCUT2D eigenvalue weighted by Gasteiger charge is -2.26. The van der Waals surface area contributed by atoms with Crippen LogP contribution in [0, 0.1) is 5.82 Å². The van der Waals surface area contributed by atoms with E-state index < -0.39 is 5.82 Å². The summed E-state index contributed by atoms with van der Waals surface area (Å²) in [5, 5.41) is 2.84. The van der Waals surface area contributed by atoms with Gasteiger partial charge in [-0.15, -0.1) is 0 Å². The van der Waals surface area contributed by atoms with Crippen molar-refractivity contribution in [1.29, 1.82) is 0 Å². The maximum absolute atomic E-state index is 13.8. The van der Waals surface area contributed by atoms with Crippen molar-refractivity contribution in [3.05, 3.63) is 59.4 Å². The van der Waals surface area contributed by atoms with E-state index in [1.165, 1.54) is 44.1 Å². The zero-order chi connectivity index (χ0) is 17.6. The molecule has 1 aliphatic rings. The number of amides is 1. The summed E-state index contributed by atoms with van der Waals surface area (Å²) >= 11 is 0. The Morgan fingerprint density at radius 2 is 1.96 bits per heavy atom. The molecule has 0 atom stereocenters. The fraction of sp³-hybridized carbons (Fsp3) is 0.350. The average molecular weight is 342 g/mol. The van der Waals surface area contributed by atoms with Crippen molar-refractivity contribution in [2.75, 3.05) is 25.5 Å². The minimum atomic E-state index is -0.547. The number of hydrogen-bond donors (Lipinski definition) is 1. The second kappa shape index (κ2) is 8.12. The summed E-state index contributed by atoms with van der Waals surface area (Å²) in [6.45, 7) is 3.14. The van der Waals surface area contributed by atoms with Gasteiger partial charge in [-0.3, -0.25) is 9.69 Å². The fourth-order valence-electron chi connectivity index (χ4n) is 3.13. The van der Waals surface area contributed by atoms with Crippen molar-refractivity contribution in [1.82, 2.24) is 4.90 Å². The molecule has 2 aromatic rings. The monoisotopic (exact) mass is 342 g/mol. The summed E-state index contributed by atoms with van der Waals surface area (Å²) in [6, 6.07) is 12.0. The van der Waals surface area contributed by atoms with Crippen molar-refractivity contribution in [2.45, 2.75) is 25.8 Å². The smallest absolute Gasteiger partial charge is 0.255 e. The SMILES string of the molecule is COc1ccc(C(=O)Nc2cccc(CN3CCCCC3)c2)cc1F. The number of methoxy groups -OCH3 is 1. The number of nitrogens with one attached hydrogen (secondary N) is 1. The minimum absolute atomic E-state index is 0.125. The second-order valence-corrected chi connectivity index (χ2v) is 6.34. The van der Waals surface area contributed by atoms with E-state index in [0.717, 1.165) is 25.3 Å². The molecule has 1 fully saturated rings. The van der Waals surface area contributed by atoms with Crippen molar-refractivity contribution in [3.8, 4) is 5.75 Å². The number of rotatable bonds is 5. The molecule has 1 amide bonds. The van der Waals surface area contributed by atoms with E-state index in [4.69, 9.17) is 4.74 Å². The third-order valence-corrected chi connectivity index (χ3v) is 4.45. The molecule has 5 heteroatoms. The van der Waals surface area contributed by atoms with Gasteiger partial charge >= 0.3 is 0 Å². The Hall–Kier alpha value is -2.40. The van der Waals surface area contributed by atoms with Crippen molar-refractivity contribution in [3.63, 3.8) is 0 Å². The van der Waals surface area contributed by atoms with Crippen LogP contribution in [0.1, 0.15) is 35.2 Å². The van der Waals surface area contributed by atoms with E-state index in [9.17, 15) is 9.18 Å². The maximum atomic E-state index is 13.8. The highest BCUT2D eigenvalue weighted by molar-refractivity contribution is 6.04. The number of anilines is 1. The van der Waals surface area contributed by atoms with Crippen molar-refractivity contribution in [2.24, 2.45) is 0 Å². The van der Waals surface area contributed by atoms with Crippen LogP contribution in [0.3, 0.4) is 0 Å². The van der Waals surface area contributed by atoms with Crippen molar-refractivity contribution < 1.29 is 13.9 Å². The van der Waals surface area contributed by atoms with E-state index >= 15 is 0 Å². The first-order chi connectivity index (χ1) is 12.2. The van der Waals surface area contributed by atoms with Gasteiger partial charge in [0.25, 0.3) is 5.91 Å². The van der Waals surface area contributed by atoms with Crippen LogP contribution in [0.15, 0.2) is 42.5 Å². The zero-order valence-corrected chi connectivity index (χ0v) is 14.4. The van der Waals surface area contributed by atoms with Gasteiger partial charge in [-0.25, -0.2) is 4.39 Å². The van der Waals surface area contributed by atoms with Gasteiger partial charge < -0.3 is 10.1 Å². The van der Waals surface area contributed by atoms with E-state index in [1.54, 1.807) is 6.07 Å². The van der Waals surface area contributed by atoms with Gasteiger partial charge in [0, 0.05) is 17.8 Å². The number of nitrogens with zero attached hydrogens (tertiary/aromatic N) is 1. The van der Waals surface area contributed by atoms with Crippen LogP contribution in [0.25, 0.3) is 0 Å². The van der Waals surface area contributed by atoms with Crippen LogP contribution >= 0.6 is 0 Å². The molecule has 25 heavy (non-hydrogen) atoms. The van der Waals surface area contributed by atoms with E-state index in [1.807, 2.05) is 18.2 Å². The van der Waals surface area contributed by atoms with Crippen LogP contribution in [-0.2, 0) is 6.54 Å². The number of carbonyl (C=O) groups is 1. The predicted molar refractivity (Wildman–Crippen MR) is 96.5 cm³/mol. The minimum Gasteiger partial charge on any atom is -0.494 e. The molecule has 0 radical (unpaired) electrons. The normalized spacial score (nSPS) is 15.0. The number of carbonyl (C=O) groups excluding carboxylic acids is 1. The number of benzene rings is 2. The maximum Gasteiger partial charge on any atom is 0.255 e. The number of ether oxygens (including phenoxy) is 1. The number of piperidine rings is 1. The molecule has 0 unspecified atom stereocenters. The Balaban J connectivity index is 1.66.